The predicted octanol–water partition coefficient (Wildman–Crippen LogP) is 4.65. The molecule has 2 fully saturated rings. The fourth-order valence-corrected chi connectivity index (χ4v) is 4.51. The summed E-state index contributed by atoms with van der Waals surface area (Å²) in [6.45, 7) is 8.30. The Labute approximate surface area is 213 Å². The van der Waals surface area contributed by atoms with Gasteiger partial charge in [0.2, 0.25) is 5.88 Å². The average Bonchev–Trinajstić information content (AvgIpc) is 3.45. The Hall–Kier alpha value is -3.73. The summed E-state index contributed by atoms with van der Waals surface area (Å²) >= 11 is 0. The zero-order valence-corrected chi connectivity index (χ0v) is 21.1. The number of hydrogen-bond acceptors (Lipinski definition) is 7. The van der Waals surface area contributed by atoms with Crippen LogP contribution in [-0.4, -0.2) is 72.5 Å². The Bertz CT molecular complexity index is 1330. The molecule has 11 heteroatoms. The minimum atomic E-state index is -0.790. The van der Waals surface area contributed by atoms with E-state index in [0.29, 0.717) is 29.0 Å². The van der Waals surface area contributed by atoms with Crippen LogP contribution in [0.25, 0.3) is 10.9 Å². The molecule has 1 saturated heterocycles. The van der Waals surface area contributed by atoms with E-state index in [9.17, 15) is 8.78 Å². The van der Waals surface area contributed by atoms with Crippen LogP contribution >= 0.6 is 0 Å². The van der Waals surface area contributed by atoms with Gasteiger partial charge in [-0.15, -0.1) is 0 Å². The van der Waals surface area contributed by atoms with Gasteiger partial charge in [-0.1, -0.05) is 11.6 Å². The lowest BCUT2D eigenvalue weighted by atomic mass is 9.83. The number of piperazine rings is 1. The second kappa shape index (κ2) is 10.7. The van der Waals surface area contributed by atoms with Crippen LogP contribution in [0.15, 0.2) is 44.6 Å². The molecule has 1 aliphatic heterocycles. The van der Waals surface area contributed by atoms with Crippen molar-refractivity contribution in [3.8, 4) is 5.75 Å². The first-order chi connectivity index (χ1) is 17.9. The van der Waals surface area contributed by atoms with Crippen LogP contribution < -0.4 is 10.1 Å². The summed E-state index contributed by atoms with van der Waals surface area (Å²) in [7, 11) is 2.05. The summed E-state index contributed by atoms with van der Waals surface area (Å²) < 4.78 is 40.5. The number of anilines is 1. The summed E-state index contributed by atoms with van der Waals surface area (Å²) in [6, 6.07) is 4.72. The summed E-state index contributed by atoms with van der Waals surface area (Å²) in [5.74, 6) is -0.124. The number of nitrogens with zero attached hydrogens (tertiary/aromatic N) is 5. The highest BCUT2D eigenvalue weighted by Crippen LogP contribution is 2.36. The van der Waals surface area contributed by atoms with Crippen LogP contribution in [0.2, 0.25) is 0 Å². The standard InChI is InChI=1S/C26H31F2N7O2/c1-16-11-18-21(31-16)12-19(27)26(25(18)28)36-15-30-23(35-9-7-34(3)8-10-35)14-22(29-2)32-24-13-20(33-37-24)17-5-4-6-17/h11-14,17,31-32H,2,4-10,15H2,1,3H3/b22-14+,30-23+. The van der Waals surface area contributed by atoms with E-state index in [4.69, 9.17) is 9.26 Å². The van der Waals surface area contributed by atoms with Crippen molar-refractivity contribution in [2.75, 3.05) is 45.3 Å². The van der Waals surface area contributed by atoms with Gasteiger partial charge in [0, 0.05) is 61.4 Å². The molecular weight excluding hydrogens is 480 g/mol. The number of amidine groups is 1. The number of aromatic nitrogens is 2. The van der Waals surface area contributed by atoms with Crippen molar-refractivity contribution in [1.29, 1.82) is 0 Å². The van der Waals surface area contributed by atoms with Gasteiger partial charge in [-0.3, -0.25) is 0 Å². The molecule has 0 unspecified atom stereocenters. The maximum atomic E-state index is 15.0. The van der Waals surface area contributed by atoms with Crippen molar-refractivity contribution in [3.63, 3.8) is 0 Å². The molecule has 1 aromatic carbocycles. The Kier molecular flexibility index (Phi) is 7.22. The minimum Gasteiger partial charge on any atom is -0.465 e. The van der Waals surface area contributed by atoms with Gasteiger partial charge in [0.1, 0.15) is 11.7 Å². The van der Waals surface area contributed by atoms with Crippen molar-refractivity contribution in [2.45, 2.75) is 32.1 Å². The highest BCUT2D eigenvalue weighted by atomic mass is 19.1. The summed E-state index contributed by atoms with van der Waals surface area (Å²) in [4.78, 5) is 15.8. The Balaban J connectivity index is 1.36. The van der Waals surface area contributed by atoms with Gasteiger partial charge in [-0.2, -0.15) is 0 Å². The quantitative estimate of drug-likeness (QED) is 0.338. The molecule has 2 aromatic heterocycles. The van der Waals surface area contributed by atoms with E-state index in [1.165, 1.54) is 12.5 Å². The van der Waals surface area contributed by atoms with Crippen molar-refractivity contribution in [1.82, 2.24) is 19.9 Å². The van der Waals surface area contributed by atoms with E-state index >= 15 is 0 Å². The van der Waals surface area contributed by atoms with Crippen LogP contribution in [0.5, 0.6) is 5.75 Å². The number of H-pyrrole nitrogens is 1. The average molecular weight is 512 g/mol. The maximum absolute atomic E-state index is 15.0. The van der Waals surface area contributed by atoms with E-state index in [0.717, 1.165) is 50.4 Å². The Morgan fingerprint density at radius 2 is 2.05 bits per heavy atom. The molecule has 2 N–H and O–H groups in total. The number of rotatable bonds is 8. The highest BCUT2D eigenvalue weighted by Gasteiger charge is 2.24. The first-order valence-electron chi connectivity index (χ1n) is 12.4. The molecule has 0 atom stereocenters. The van der Waals surface area contributed by atoms with Crippen molar-refractivity contribution >= 4 is 29.3 Å². The molecular formula is C26H31F2N7O2. The fraction of sp³-hybridized carbons (Fsp3) is 0.423. The molecule has 0 amide bonds. The topological polar surface area (TPSA) is 94.3 Å². The normalized spacial score (nSPS) is 17.8. The lowest BCUT2D eigenvalue weighted by Crippen LogP contribution is -2.47. The SMILES string of the molecule is C=N/C(=C\C(=N/COc1c(F)cc2[nH]c(C)cc2c1F)N1CCN(C)CC1)Nc1cc(C2CCC2)no1. The van der Waals surface area contributed by atoms with Crippen LogP contribution in [0, 0.1) is 18.6 Å². The number of aliphatic imine (C=N–C) groups is 2. The summed E-state index contributed by atoms with van der Waals surface area (Å²) in [6.07, 6.45) is 5.16. The first-order valence-corrected chi connectivity index (χ1v) is 12.4. The molecule has 5 rings (SSSR count). The lowest BCUT2D eigenvalue weighted by molar-refractivity contribution is 0.214. The van der Waals surface area contributed by atoms with Crippen LogP contribution in [0.3, 0.4) is 0 Å². The van der Waals surface area contributed by atoms with Gasteiger partial charge in [0.05, 0.1) is 11.2 Å². The van der Waals surface area contributed by atoms with Crippen LogP contribution in [0.4, 0.5) is 14.7 Å². The lowest BCUT2D eigenvalue weighted by Gasteiger charge is -2.33. The van der Waals surface area contributed by atoms with Gasteiger partial charge < -0.3 is 29.4 Å². The number of aryl methyl sites for hydroxylation is 1. The third-order valence-electron chi connectivity index (χ3n) is 6.91. The number of ether oxygens (including phenoxy) is 1. The molecule has 1 saturated carbocycles. The smallest absolute Gasteiger partial charge is 0.230 e. The molecule has 37 heavy (non-hydrogen) atoms. The summed E-state index contributed by atoms with van der Waals surface area (Å²) in [5, 5.41) is 7.53. The highest BCUT2D eigenvalue weighted by molar-refractivity contribution is 5.94. The number of nitrogens with one attached hydrogen (secondary N) is 2. The van der Waals surface area contributed by atoms with E-state index in [1.807, 2.05) is 6.07 Å². The van der Waals surface area contributed by atoms with Gasteiger partial charge in [0.15, 0.2) is 24.1 Å². The number of benzene rings is 1. The monoisotopic (exact) mass is 511 g/mol. The maximum Gasteiger partial charge on any atom is 0.230 e. The molecule has 0 radical (unpaired) electrons. The van der Waals surface area contributed by atoms with Crippen LogP contribution in [0.1, 0.15) is 36.6 Å². The fourth-order valence-electron chi connectivity index (χ4n) is 4.51. The molecule has 196 valence electrons. The number of hydrogen-bond donors (Lipinski definition) is 2. The van der Waals surface area contributed by atoms with E-state index in [1.54, 1.807) is 19.1 Å². The third kappa shape index (κ3) is 5.51. The second-order valence-electron chi connectivity index (χ2n) is 9.55. The number of fused-ring (bicyclic) bond motifs is 1. The molecule has 3 aromatic rings. The van der Waals surface area contributed by atoms with E-state index in [2.05, 4.69) is 49.0 Å². The summed E-state index contributed by atoms with van der Waals surface area (Å²) in [5.41, 5.74) is 2.04. The number of likely N-dealkylation sites (N-methyl/N-ethyl adjacent to an activating group) is 1. The second-order valence-corrected chi connectivity index (χ2v) is 9.55. The van der Waals surface area contributed by atoms with Crippen molar-refractivity contribution in [2.24, 2.45) is 9.98 Å². The Morgan fingerprint density at radius 1 is 1.27 bits per heavy atom. The largest absolute Gasteiger partial charge is 0.465 e. The Morgan fingerprint density at radius 3 is 2.76 bits per heavy atom. The van der Waals surface area contributed by atoms with E-state index < -0.39 is 17.4 Å². The minimum absolute atomic E-state index is 0.271. The molecule has 2 aliphatic rings. The number of halogens is 2. The van der Waals surface area contributed by atoms with Gasteiger partial charge in [0.25, 0.3) is 0 Å². The zero-order valence-electron chi connectivity index (χ0n) is 21.1. The molecule has 0 bridgehead atoms. The predicted molar refractivity (Wildman–Crippen MR) is 139 cm³/mol. The van der Waals surface area contributed by atoms with Gasteiger partial charge >= 0.3 is 0 Å². The van der Waals surface area contributed by atoms with Crippen molar-refractivity contribution in [3.05, 3.63) is 53.1 Å². The van der Waals surface area contributed by atoms with Gasteiger partial charge in [-0.05, 0) is 39.6 Å². The molecule has 9 nitrogen and oxygen atoms in total. The molecule has 3 heterocycles. The van der Waals surface area contributed by atoms with Crippen LogP contribution in [-0.2, 0) is 0 Å². The van der Waals surface area contributed by atoms with Crippen molar-refractivity contribution < 1.29 is 18.0 Å². The third-order valence-corrected chi connectivity index (χ3v) is 6.91. The molecule has 1 aliphatic carbocycles. The van der Waals surface area contributed by atoms with E-state index in [-0.39, 0.29) is 12.1 Å². The molecule has 0 spiro atoms. The number of aromatic amines is 1. The zero-order chi connectivity index (χ0) is 25.9. The first kappa shape index (κ1) is 24.9. The van der Waals surface area contributed by atoms with Gasteiger partial charge in [-0.25, -0.2) is 18.8 Å².